The zero-order valence-electron chi connectivity index (χ0n) is 16.2. The SMILES string of the molecule is COc1cc(C2c3c(n[nH]c3-c3cccs3)C(=O)N2CC(OC)OC)ccc1O. The van der Waals surface area contributed by atoms with E-state index in [1.54, 1.807) is 34.4 Å². The normalized spacial score (nSPS) is 15.9. The molecule has 0 bridgehead atoms. The van der Waals surface area contributed by atoms with Gasteiger partial charge in [0.2, 0.25) is 0 Å². The van der Waals surface area contributed by atoms with E-state index in [0.29, 0.717) is 11.4 Å². The van der Waals surface area contributed by atoms with E-state index in [-0.39, 0.29) is 18.2 Å². The first-order chi connectivity index (χ1) is 14.1. The van der Waals surface area contributed by atoms with Gasteiger partial charge in [0.25, 0.3) is 5.91 Å². The van der Waals surface area contributed by atoms with Gasteiger partial charge in [-0.1, -0.05) is 12.1 Å². The molecule has 1 aliphatic heterocycles. The fourth-order valence-electron chi connectivity index (χ4n) is 3.60. The fourth-order valence-corrected chi connectivity index (χ4v) is 4.34. The number of ether oxygens (including phenoxy) is 3. The molecule has 1 atom stereocenters. The number of hydrogen-bond donors (Lipinski definition) is 2. The standard InChI is InChI=1S/C20H21N3O5S/c1-26-13-9-11(6-7-12(13)24)19-16-17(14-5-4-8-29-14)21-22-18(16)20(25)23(19)10-15(27-2)28-3/h4-9,15,19,24H,10H2,1-3H3,(H,21,22). The highest BCUT2D eigenvalue weighted by Gasteiger charge is 2.43. The van der Waals surface area contributed by atoms with Crippen molar-refractivity contribution < 1.29 is 24.1 Å². The third-order valence-corrected chi connectivity index (χ3v) is 5.90. The zero-order valence-corrected chi connectivity index (χ0v) is 17.0. The van der Waals surface area contributed by atoms with E-state index in [4.69, 9.17) is 14.2 Å². The number of methoxy groups -OCH3 is 3. The van der Waals surface area contributed by atoms with Gasteiger partial charge >= 0.3 is 0 Å². The van der Waals surface area contributed by atoms with Crippen LogP contribution in [0.25, 0.3) is 10.6 Å². The number of H-pyrrole nitrogens is 1. The van der Waals surface area contributed by atoms with Gasteiger partial charge in [0.1, 0.15) is 0 Å². The van der Waals surface area contributed by atoms with Gasteiger partial charge in [-0.2, -0.15) is 5.10 Å². The van der Waals surface area contributed by atoms with Crippen LogP contribution in [-0.2, 0) is 9.47 Å². The lowest BCUT2D eigenvalue weighted by Gasteiger charge is -2.29. The minimum absolute atomic E-state index is 0.0321. The van der Waals surface area contributed by atoms with E-state index >= 15 is 0 Å². The molecule has 0 radical (unpaired) electrons. The minimum atomic E-state index is -0.585. The second kappa shape index (κ2) is 7.86. The highest BCUT2D eigenvalue weighted by Crippen LogP contribution is 2.45. The summed E-state index contributed by atoms with van der Waals surface area (Å²) in [6.07, 6.45) is -0.585. The van der Waals surface area contributed by atoms with Crippen molar-refractivity contribution in [2.45, 2.75) is 12.3 Å². The zero-order chi connectivity index (χ0) is 20.5. The fraction of sp³-hybridized carbons (Fsp3) is 0.300. The summed E-state index contributed by atoms with van der Waals surface area (Å²) in [7, 11) is 4.55. The van der Waals surface area contributed by atoms with E-state index in [1.807, 2.05) is 17.5 Å². The van der Waals surface area contributed by atoms with Crippen molar-refractivity contribution in [1.82, 2.24) is 15.1 Å². The van der Waals surface area contributed by atoms with Gasteiger partial charge in [-0.15, -0.1) is 11.3 Å². The predicted molar refractivity (Wildman–Crippen MR) is 107 cm³/mol. The Morgan fingerprint density at radius 1 is 1.28 bits per heavy atom. The van der Waals surface area contributed by atoms with Crippen LogP contribution in [0.2, 0.25) is 0 Å². The first-order valence-corrected chi connectivity index (χ1v) is 9.82. The number of carbonyl (C=O) groups is 1. The molecule has 1 aliphatic rings. The molecule has 0 saturated heterocycles. The van der Waals surface area contributed by atoms with E-state index in [2.05, 4.69) is 10.2 Å². The number of benzene rings is 1. The van der Waals surface area contributed by atoms with Crippen LogP contribution < -0.4 is 4.74 Å². The Morgan fingerprint density at radius 2 is 2.07 bits per heavy atom. The topological polar surface area (TPSA) is 96.9 Å². The Morgan fingerprint density at radius 3 is 2.72 bits per heavy atom. The molecule has 3 heterocycles. The second-order valence-corrected chi connectivity index (χ2v) is 7.48. The van der Waals surface area contributed by atoms with Crippen molar-refractivity contribution in [3.8, 4) is 22.1 Å². The Kier molecular flexibility index (Phi) is 5.27. The molecule has 9 heteroatoms. The van der Waals surface area contributed by atoms with Gasteiger partial charge in [0, 0.05) is 19.8 Å². The number of rotatable bonds is 7. The Hall–Kier alpha value is -2.88. The number of thiophene rings is 1. The summed E-state index contributed by atoms with van der Waals surface area (Å²) in [5.41, 5.74) is 2.75. The number of aromatic amines is 1. The summed E-state index contributed by atoms with van der Waals surface area (Å²) in [5, 5.41) is 19.3. The maximum Gasteiger partial charge on any atom is 0.275 e. The van der Waals surface area contributed by atoms with Gasteiger partial charge in [-0.3, -0.25) is 9.89 Å². The Balaban J connectivity index is 1.86. The van der Waals surface area contributed by atoms with E-state index in [9.17, 15) is 9.90 Å². The summed E-state index contributed by atoms with van der Waals surface area (Å²) in [6.45, 7) is 0.222. The molecule has 0 saturated carbocycles. The number of aromatic hydroxyl groups is 1. The number of phenolic OH excluding ortho intramolecular Hbond substituents is 1. The Bertz CT molecular complexity index is 1010. The summed E-state index contributed by atoms with van der Waals surface area (Å²) in [4.78, 5) is 15.9. The smallest absolute Gasteiger partial charge is 0.275 e. The average molecular weight is 415 g/mol. The number of carbonyl (C=O) groups excluding carboxylic acids is 1. The van der Waals surface area contributed by atoms with Gasteiger partial charge < -0.3 is 24.2 Å². The summed E-state index contributed by atoms with van der Waals surface area (Å²) < 4.78 is 15.9. The molecule has 1 amide bonds. The average Bonchev–Trinajstić information content (AvgIpc) is 3.45. The first kappa shape index (κ1) is 19.4. The van der Waals surface area contributed by atoms with Crippen LogP contribution in [0.5, 0.6) is 11.5 Å². The molecule has 0 fully saturated rings. The molecular weight excluding hydrogens is 394 g/mol. The largest absolute Gasteiger partial charge is 0.504 e. The van der Waals surface area contributed by atoms with Crippen LogP contribution in [0.1, 0.15) is 27.7 Å². The molecule has 2 N–H and O–H groups in total. The van der Waals surface area contributed by atoms with Gasteiger partial charge in [0.15, 0.2) is 23.5 Å². The van der Waals surface area contributed by atoms with Gasteiger partial charge in [-0.05, 0) is 29.1 Å². The number of nitrogens with zero attached hydrogens (tertiary/aromatic N) is 2. The number of amides is 1. The van der Waals surface area contributed by atoms with Crippen molar-refractivity contribution in [2.24, 2.45) is 0 Å². The lowest BCUT2D eigenvalue weighted by atomic mass is 9.98. The Labute approximate surface area is 171 Å². The maximum atomic E-state index is 13.2. The van der Waals surface area contributed by atoms with Crippen LogP contribution in [0.3, 0.4) is 0 Å². The lowest BCUT2D eigenvalue weighted by molar-refractivity contribution is -0.113. The number of hydrogen-bond acceptors (Lipinski definition) is 7. The maximum absolute atomic E-state index is 13.2. The van der Waals surface area contributed by atoms with Crippen LogP contribution in [0.4, 0.5) is 0 Å². The number of phenols is 1. The monoisotopic (exact) mass is 415 g/mol. The van der Waals surface area contributed by atoms with E-state index < -0.39 is 12.3 Å². The molecule has 152 valence electrons. The third kappa shape index (κ3) is 3.27. The minimum Gasteiger partial charge on any atom is -0.504 e. The van der Waals surface area contributed by atoms with Crippen molar-refractivity contribution in [3.63, 3.8) is 0 Å². The molecule has 1 aromatic carbocycles. The summed E-state index contributed by atoms with van der Waals surface area (Å²) in [6, 6.07) is 8.56. The van der Waals surface area contributed by atoms with Gasteiger partial charge in [-0.25, -0.2) is 0 Å². The van der Waals surface area contributed by atoms with Crippen molar-refractivity contribution in [1.29, 1.82) is 0 Å². The van der Waals surface area contributed by atoms with Crippen LogP contribution >= 0.6 is 11.3 Å². The molecule has 29 heavy (non-hydrogen) atoms. The molecule has 1 unspecified atom stereocenters. The highest BCUT2D eigenvalue weighted by molar-refractivity contribution is 7.13. The van der Waals surface area contributed by atoms with Crippen molar-refractivity contribution >= 4 is 17.2 Å². The third-order valence-electron chi connectivity index (χ3n) is 5.01. The van der Waals surface area contributed by atoms with Crippen LogP contribution in [0.15, 0.2) is 35.7 Å². The van der Waals surface area contributed by atoms with Crippen molar-refractivity contribution in [2.75, 3.05) is 27.9 Å². The molecule has 8 nitrogen and oxygen atoms in total. The van der Waals surface area contributed by atoms with E-state index in [1.165, 1.54) is 21.3 Å². The number of aromatic nitrogens is 2. The molecule has 0 spiro atoms. The van der Waals surface area contributed by atoms with Crippen LogP contribution in [0, 0.1) is 0 Å². The quantitative estimate of drug-likeness (QED) is 0.576. The second-order valence-electron chi connectivity index (χ2n) is 6.53. The number of fused-ring (bicyclic) bond motifs is 1. The first-order valence-electron chi connectivity index (χ1n) is 8.94. The van der Waals surface area contributed by atoms with Crippen LogP contribution in [-0.4, -0.2) is 60.3 Å². The number of nitrogens with one attached hydrogen (secondary N) is 1. The molecule has 2 aromatic heterocycles. The molecule has 0 aliphatic carbocycles. The lowest BCUT2D eigenvalue weighted by Crippen LogP contribution is -2.38. The predicted octanol–water partition coefficient (Wildman–Crippen LogP) is 3.02. The molecule has 3 aromatic rings. The summed E-state index contributed by atoms with van der Waals surface area (Å²) in [5.74, 6) is 0.152. The van der Waals surface area contributed by atoms with Crippen molar-refractivity contribution in [3.05, 3.63) is 52.5 Å². The molecular formula is C20H21N3O5S. The van der Waals surface area contributed by atoms with Gasteiger partial charge in [0.05, 0.1) is 30.3 Å². The highest BCUT2D eigenvalue weighted by atomic mass is 32.1. The summed E-state index contributed by atoms with van der Waals surface area (Å²) >= 11 is 1.56. The molecule has 4 rings (SSSR count). The van der Waals surface area contributed by atoms with E-state index in [0.717, 1.165) is 21.7 Å².